The van der Waals surface area contributed by atoms with Gasteiger partial charge in [-0.1, -0.05) is 25.1 Å². The predicted octanol–water partition coefficient (Wildman–Crippen LogP) is 5.25. The fourth-order valence-electron chi connectivity index (χ4n) is 5.54. The SMILES string of the molecule is C[C@@]12C=CC[C@H]1[C@@H]1CCc3cc(S(C)(=O)=NC(=O)C(F)(F)F)ccc3[C@H]1CC2. The third-order valence-corrected chi connectivity index (χ3v) is 8.60. The molecule has 0 aromatic heterocycles. The molecule has 28 heavy (non-hydrogen) atoms. The minimum Gasteiger partial charge on any atom is -0.261 e. The van der Waals surface area contributed by atoms with E-state index in [0.29, 0.717) is 17.8 Å². The Balaban J connectivity index is 1.66. The highest BCUT2D eigenvalue weighted by Gasteiger charge is 2.48. The number of hydrogen-bond acceptors (Lipinski definition) is 2. The van der Waals surface area contributed by atoms with Crippen LogP contribution in [0.15, 0.2) is 39.6 Å². The minimum absolute atomic E-state index is 0.200. The standard InChI is InChI=1S/C21H24F3NO2S/c1-20-10-3-4-18(20)17-7-5-13-12-14(6-8-15(13)16(17)9-11-20)28(2,27)25-19(26)21(22,23)24/h3,6,8,10,12,16-18H,4-5,7,9,11H2,1-2H3/t16-,17-,18+,20+,28?/m1/s1. The molecule has 152 valence electrons. The fourth-order valence-corrected chi connectivity index (χ4v) is 6.75. The van der Waals surface area contributed by atoms with Crippen molar-refractivity contribution in [2.45, 2.75) is 56.0 Å². The molecule has 5 atom stereocenters. The summed E-state index contributed by atoms with van der Waals surface area (Å²) in [5.41, 5.74) is 2.55. The average Bonchev–Trinajstić information content (AvgIpc) is 3.01. The van der Waals surface area contributed by atoms with Gasteiger partial charge in [-0.25, -0.2) is 4.21 Å². The second-order valence-corrected chi connectivity index (χ2v) is 10.9. The molecule has 7 heteroatoms. The van der Waals surface area contributed by atoms with Crippen LogP contribution in [0.25, 0.3) is 0 Å². The summed E-state index contributed by atoms with van der Waals surface area (Å²) in [6.07, 6.45) is 5.86. The first-order chi connectivity index (χ1) is 13.0. The first-order valence-electron chi connectivity index (χ1n) is 9.65. The van der Waals surface area contributed by atoms with Crippen molar-refractivity contribution in [2.75, 3.05) is 6.26 Å². The molecule has 0 aliphatic heterocycles. The molecule has 0 saturated heterocycles. The summed E-state index contributed by atoms with van der Waals surface area (Å²) < 4.78 is 53.3. The first kappa shape index (κ1) is 19.7. The number of rotatable bonds is 1. The molecule has 0 bridgehead atoms. The summed E-state index contributed by atoms with van der Waals surface area (Å²) in [6.45, 7) is 2.35. The zero-order valence-electron chi connectivity index (χ0n) is 16.0. The summed E-state index contributed by atoms with van der Waals surface area (Å²) in [7, 11) is -3.43. The van der Waals surface area contributed by atoms with Crippen LogP contribution in [0.2, 0.25) is 0 Å². The van der Waals surface area contributed by atoms with Crippen molar-refractivity contribution in [2.24, 2.45) is 21.6 Å². The number of amides is 1. The lowest BCUT2D eigenvalue weighted by molar-refractivity contribution is -0.169. The smallest absolute Gasteiger partial charge is 0.261 e. The number of fused-ring (bicyclic) bond motifs is 5. The van der Waals surface area contributed by atoms with Crippen molar-refractivity contribution in [1.82, 2.24) is 0 Å². The van der Waals surface area contributed by atoms with Gasteiger partial charge in [0.1, 0.15) is 0 Å². The van der Waals surface area contributed by atoms with Crippen LogP contribution in [0.5, 0.6) is 0 Å². The maximum Gasteiger partial charge on any atom is 0.474 e. The van der Waals surface area contributed by atoms with E-state index in [2.05, 4.69) is 23.4 Å². The highest BCUT2D eigenvalue weighted by Crippen LogP contribution is 2.58. The molecular weight excluding hydrogens is 387 g/mol. The number of carbonyl (C=O) groups excluding carboxylic acids is 1. The van der Waals surface area contributed by atoms with Gasteiger partial charge in [-0.2, -0.15) is 13.2 Å². The topological polar surface area (TPSA) is 46.5 Å². The molecule has 4 rings (SSSR count). The van der Waals surface area contributed by atoms with Crippen LogP contribution in [0, 0.1) is 17.3 Å². The van der Waals surface area contributed by atoms with Gasteiger partial charge in [-0.15, -0.1) is 4.36 Å². The lowest BCUT2D eigenvalue weighted by Crippen LogP contribution is -2.39. The predicted molar refractivity (Wildman–Crippen MR) is 101 cm³/mol. The minimum atomic E-state index is -5.11. The normalized spacial score (nSPS) is 33.4. The lowest BCUT2D eigenvalue weighted by atomic mass is 9.56. The first-order valence-corrected chi connectivity index (χ1v) is 11.6. The number of benzene rings is 1. The van der Waals surface area contributed by atoms with Crippen LogP contribution in [-0.4, -0.2) is 22.5 Å². The summed E-state index contributed by atoms with van der Waals surface area (Å²) in [4.78, 5) is 11.4. The Morgan fingerprint density at radius 2 is 2.04 bits per heavy atom. The van der Waals surface area contributed by atoms with Crippen molar-refractivity contribution in [3.63, 3.8) is 0 Å². The summed E-state index contributed by atoms with van der Waals surface area (Å²) >= 11 is 0. The molecular formula is C21H24F3NO2S. The number of nitrogens with zero attached hydrogens (tertiary/aromatic N) is 1. The van der Waals surface area contributed by atoms with Crippen LogP contribution in [0.1, 0.15) is 49.7 Å². The average molecular weight is 411 g/mol. The van der Waals surface area contributed by atoms with Gasteiger partial charge in [0.05, 0.1) is 9.73 Å². The van der Waals surface area contributed by atoms with E-state index in [1.54, 1.807) is 12.1 Å². The monoisotopic (exact) mass is 411 g/mol. The van der Waals surface area contributed by atoms with Crippen LogP contribution >= 0.6 is 0 Å². The molecule has 0 heterocycles. The molecule has 0 radical (unpaired) electrons. The van der Waals surface area contributed by atoms with Crippen LogP contribution in [-0.2, 0) is 20.9 Å². The van der Waals surface area contributed by atoms with Gasteiger partial charge in [0.2, 0.25) is 0 Å². The van der Waals surface area contributed by atoms with E-state index in [1.807, 2.05) is 6.07 Å². The van der Waals surface area contributed by atoms with E-state index in [9.17, 15) is 22.2 Å². The molecule has 1 unspecified atom stereocenters. The third kappa shape index (κ3) is 3.21. The number of alkyl halides is 3. The van der Waals surface area contributed by atoms with Gasteiger partial charge in [0.25, 0.3) is 0 Å². The summed E-state index contributed by atoms with van der Waals surface area (Å²) in [5, 5.41) is 0. The molecule has 1 fully saturated rings. The number of carbonyl (C=O) groups is 1. The van der Waals surface area contributed by atoms with E-state index in [-0.39, 0.29) is 10.3 Å². The van der Waals surface area contributed by atoms with Gasteiger partial charge in [0.15, 0.2) is 0 Å². The number of halogens is 3. The van der Waals surface area contributed by atoms with Crippen molar-refractivity contribution in [3.05, 3.63) is 41.5 Å². The van der Waals surface area contributed by atoms with E-state index in [4.69, 9.17) is 0 Å². The Kier molecular flexibility index (Phi) is 4.53. The van der Waals surface area contributed by atoms with E-state index in [0.717, 1.165) is 43.9 Å². The van der Waals surface area contributed by atoms with Gasteiger partial charge >= 0.3 is 12.1 Å². The Labute approximate surface area is 163 Å². The third-order valence-electron chi connectivity index (χ3n) is 6.96. The van der Waals surface area contributed by atoms with Gasteiger partial charge in [0, 0.05) is 11.2 Å². The van der Waals surface area contributed by atoms with Gasteiger partial charge in [-0.05, 0) is 78.5 Å². The molecule has 3 nitrogen and oxygen atoms in total. The largest absolute Gasteiger partial charge is 0.474 e. The fraction of sp³-hybridized carbons (Fsp3) is 0.571. The van der Waals surface area contributed by atoms with Crippen LogP contribution < -0.4 is 0 Å². The van der Waals surface area contributed by atoms with Crippen molar-refractivity contribution < 1.29 is 22.2 Å². The van der Waals surface area contributed by atoms with Crippen molar-refractivity contribution in [3.8, 4) is 0 Å². The zero-order chi connectivity index (χ0) is 20.3. The molecule has 0 spiro atoms. The second kappa shape index (κ2) is 6.44. The quantitative estimate of drug-likeness (QED) is 0.592. The highest BCUT2D eigenvalue weighted by atomic mass is 32.2. The van der Waals surface area contributed by atoms with Crippen LogP contribution in [0.3, 0.4) is 0 Å². The maximum absolute atomic E-state index is 12.7. The Morgan fingerprint density at radius 3 is 2.75 bits per heavy atom. The molecule has 1 aromatic carbocycles. The lowest BCUT2D eigenvalue weighted by Gasteiger charge is -2.49. The molecule has 0 N–H and O–H groups in total. The molecule has 1 aromatic rings. The Morgan fingerprint density at radius 1 is 1.29 bits per heavy atom. The van der Waals surface area contributed by atoms with E-state index in [1.165, 1.54) is 5.56 Å². The summed E-state index contributed by atoms with van der Waals surface area (Å²) in [6, 6.07) is 5.21. The van der Waals surface area contributed by atoms with Crippen molar-refractivity contribution in [1.29, 1.82) is 0 Å². The van der Waals surface area contributed by atoms with Gasteiger partial charge in [-0.3, -0.25) is 4.79 Å². The number of aryl methyl sites for hydroxylation is 1. The highest BCUT2D eigenvalue weighted by molar-refractivity contribution is 7.93. The van der Waals surface area contributed by atoms with E-state index >= 15 is 0 Å². The van der Waals surface area contributed by atoms with E-state index < -0.39 is 21.8 Å². The van der Waals surface area contributed by atoms with Gasteiger partial charge < -0.3 is 0 Å². The molecule has 1 amide bonds. The summed E-state index contributed by atoms with van der Waals surface area (Å²) in [5.74, 6) is -0.598. The van der Waals surface area contributed by atoms with Crippen LogP contribution in [0.4, 0.5) is 13.2 Å². The van der Waals surface area contributed by atoms with Crippen molar-refractivity contribution >= 4 is 15.6 Å². The second-order valence-electron chi connectivity index (χ2n) is 8.66. The number of hydrogen-bond donors (Lipinski definition) is 0. The Bertz CT molecular complexity index is 974. The molecule has 3 aliphatic rings. The number of allylic oxidation sites excluding steroid dienone is 2. The molecule has 1 saturated carbocycles. The molecule has 3 aliphatic carbocycles. The Hall–Kier alpha value is -1.63. The maximum atomic E-state index is 12.7. The zero-order valence-corrected chi connectivity index (χ0v) is 16.8.